The average molecular weight is 398 g/mol. The summed E-state index contributed by atoms with van der Waals surface area (Å²) in [5.41, 5.74) is 0.566. The first-order chi connectivity index (χ1) is 12.5. The van der Waals surface area contributed by atoms with Crippen LogP contribution in [0.5, 0.6) is 11.5 Å². The molecule has 2 fully saturated rings. The number of rotatable bonds is 5. The quantitative estimate of drug-likeness (QED) is 0.810. The standard InChI is InChI=1S/C19H27N3O4.ClH/c1-13(15-11-20-12-15)18(23)21-6-8-22(9-7-21)19(24)14-4-5-16(25-2)17(10-14)26-3;/h4-5,10,13,15,20H,6-9,11-12H2,1-3H3;1H. The van der Waals surface area contributed by atoms with Crippen LogP contribution in [0.15, 0.2) is 18.2 Å². The fourth-order valence-electron chi connectivity index (χ4n) is 3.44. The molecule has 27 heavy (non-hydrogen) atoms. The van der Waals surface area contributed by atoms with Crippen molar-refractivity contribution in [1.82, 2.24) is 15.1 Å². The van der Waals surface area contributed by atoms with Crippen molar-refractivity contribution in [2.45, 2.75) is 6.92 Å². The van der Waals surface area contributed by atoms with Crippen LogP contribution in [0.4, 0.5) is 0 Å². The highest BCUT2D eigenvalue weighted by Crippen LogP contribution is 2.28. The van der Waals surface area contributed by atoms with Crippen LogP contribution >= 0.6 is 12.4 Å². The zero-order valence-corrected chi connectivity index (χ0v) is 16.9. The molecule has 0 spiro atoms. The van der Waals surface area contributed by atoms with Crippen LogP contribution in [0.2, 0.25) is 0 Å². The van der Waals surface area contributed by atoms with E-state index in [1.807, 2.05) is 11.8 Å². The summed E-state index contributed by atoms with van der Waals surface area (Å²) < 4.78 is 10.5. The highest BCUT2D eigenvalue weighted by Gasteiger charge is 2.33. The maximum Gasteiger partial charge on any atom is 0.254 e. The molecular formula is C19H28ClN3O4. The number of hydrogen-bond donors (Lipinski definition) is 1. The molecule has 150 valence electrons. The average Bonchev–Trinajstić information content (AvgIpc) is 2.64. The number of carbonyl (C=O) groups excluding carboxylic acids is 2. The van der Waals surface area contributed by atoms with Crippen molar-refractivity contribution in [3.63, 3.8) is 0 Å². The molecule has 2 heterocycles. The molecular weight excluding hydrogens is 370 g/mol. The van der Waals surface area contributed by atoms with E-state index < -0.39 is 0 Å². The van der Waals surface area contributed by atoms with Gasteiger partial charge in [0.1, 0.15) is 0 Å². The van der Waals surface area contributed by atoms with Crippen LogP contribution in [-0.4, -0.2) is 75.1 Å². The lowest BCUT2D eigenvalue weighted by atomic mass is 9.88. The fourth-order valence-corrected chi connectivity index (χ4v) is 3.44. The number of hydrogen-bond acceptors (Lipinski definition) is 5. The Bertz CT molecular complexity index is 673. The van der Waals surface area contributed by atoms with E-state index in [4.69, 9.17) is 9.47 Å². The molecule has 0 saturated carbocycles. The number of nitrogens with zero attached hydrogens (tertiary/aromatic N) is 2. The molecule has 1 aromatic rings. The number of ether oxygens (including phenoxy) is 2. The Hall–Kier alpha value is -1.99. The second-order valence-corrected chi connectivity index (χ2v) is 6.89. The smallest absolute Gasteiger partial charge is 0.254 e. The van der Waals surface area contributed by atoms with Gasteiger partial charge in [-0.05, 0) is 37.2 Å². The number of benzene rings is 1. The van der Waals surface area contributed by atoms with Crippen molar-refractivity contribution < 1.29 is 19.1 Å². The summed E-state index contributed by atoms with van der Waals surface area (Å²) in [6, 6.07) is 5.18. The number of carbonyl (C=O) groups is 2. The lowest BCUT2D eigenvalue weighted by molar-refractivity contribution is -0.138. The van der Waals surface area contributed by atoms with Gasteiger partial charge < -0.3 is 24.6 Å². The molecule has 2 saturated heterocycles. The Labute approximate surface area is 166 Å². The zero-order valence-electron chi connectivity index (χ0n) is 16.1. The van der Waals surface area contributed by atoms with Gasteiger partial charge in [-0.1, -0.05) is 6.92 Å². The van der Waals surface area contributed by atoms with Gasteiger partial charge in [-0.3, -0.25) is 9.59 Å². The van der Waals surface area contributed by atoms with E-state index >= 15 is 0 Å². The molecule has 0 radical (unpaired) electrons. The Morgan fingerprint density at radius 2 is 1.63 bits per heavy atom. The Kier molecular flexibility index (Phi) is 7.33. The van der Waals surface area contributed by atoms with Crippen LogP contribution in [0.25, 0.3) is 0 Å². The van der Waals surface area contributed by atoms with Crippen molar-refractivity contribution in [1.29, 1.82) is 0 Å². The normalized spacial score (nSPS) is 18.2. The molecule has 1 N–H and O–H groups in total. The third kappa shape index (κ3) is 4.47. The highest BCUT2D eigenvalue weighted by atomic mass is 35.5. The molecule has 2 aliphatic rings. The van der Waals surface area contributed by atoms with Crippen LogP contribution < -0.4 is 14.8 Å². The lowest BCUT2D eigenvalue weighted by Crippen LogP contribution is -2.55. The summed E-state index contributed by atoms with van der Waals surface area (Å²) in [7, 11) is 3.12. The van der Waals surface area contributed by atoms with E-state index in [0.717, 1.165) is 13.1 Å². The molecule has 0 aromatic heterocycles. The first-order valence-electron chi connectivity index (χ1n) is 9.06. The van der Waals surface area contributed by atoms with E-state index in [1.165, 1.54) is 0 Å². The minimum Gasteiger partial charge on any atom is -0.493 e. The van der Waals surface area contributed by atoms with Gasteiger partial charge in [0.05, 0.1) is 14.2 Å². The third-order valence-corrected chi connectivity index (χ3v) is 5.42. The van der Waals surface area contributed by atoms with E-state index in [0.29, 0.717) is 49.2 Å². The minimum atomic E-state index is -0.0470. The van der Waals surface area contributed by atoms with Crippen molar-refractivity contribution in [3.8, 4) is 11.5 Å². The first-order valence-corrected chi connectivity index (χ1v) is 9.06. The Morgan fingerprint density at radius 1 is 1.04 bits per heavy atom. The van der Waals surface area contributed by atoms with Crippen LogP contribution in [-0.2, 0) is 4.79 Å². The number of halogens is 1. The molecule has 2 aliphatic heterocycles. The number of amides is 2. The summed E-state index contributed by atoms with van der Waals surface area (Å²) in [5.74, 6) is 1.77. The molecule has 2 amide bonds. The van der Waals surface area contributed by atoms with Crippen molar-refractivity contribution in [2.75, 3.05) is 53.5 Å². The van der Waals surface area contributed by atoms with Crippen molar-refractivity contribution in [2.24, 2.45) is 11.8 Å². The van der Waals surface area contributed by atoms with Crippen molar-refractivity contribution >= 4 is 24.2 Å². The second kappa shape index (κ2) is 9.28. The van der Waals surface area contributed by atoms with E-state index in [1.54, 1.807) is 37.3 Å². The second-order valence-electron chi connectivity index (χ2n) is 6.89. The summed E-state index contributed by atoms with van der Waals surface area (Å²) in [5, 5.41) is 3.21. The highest BCUT2D eigenvalue weighted by molar-refractivity contribution is 5.95. The third-order valence-electron chi connectivity index (χ3n) is 5.42. The summed E-state index contributed by atoms with van der Waals surface area (Å²) >= 11 is 0. The maximum atomic E-state index is 12.8. The van der Waals surface area contributed by atoms with Gasteiger partial charge in [0.2, 0.25) is 5.91 Å². The van der Waals surface area contributed by atoms with Crippen molar-refractivity contribution in [3.05, 3.63) is 23.8 Å². The molecule has 1 aromatic carbocycles. The van der Waals surface area contributed by atoms with Gasteiger partial charge >= 0.3 is 0 Å². The van der Waals surface area contributed by atoms with Gasteiger partial charge in [-0.25, -0.2) is 0 Å². The summed E-state index contributed by atoms with van der Waals surface area (Å²) in [4.78, 5) is 29.0. The molecule has 7 nitrogen and oxygen atoms in total. The molecule has 1 atom stereocenters. The van der Waals surface area contributed by atoms with Crippen LogP contribution in [0, 0.1) is 11.8 Å². The van der Waals surface area contributed by atoms with Gasteiger partial charge in [-0.2, -0.15) is 0 Å². The Balaban J connectivity index is 0.00000261. The number of nitrogens with one attached hydrogen (secondary N) is 1. The topological polar surface area (TPSA) is 71.1 Å². The number of piperazine rings is 1. The van der Waals surface area contributed by atoms with Gasteiger partial charge in [0.15, 0.2) is 11.5 Å². The van der Waals surface area contributed by atoms with E-state index in [2.05, 4.69) is 5.32 Å². The van der Waals surface area contributed by atoms with Crippen LogP contribution in [0.1, 0.15) is 17.3 Å². The van der Waals surface area contributed by atoms with Gasteiger partial charge in [0, 0.05) is 37.7 Å². The van der Waals surface area contributed by atoms with Crippen LogP contribution in [0.3, 0.4) is 0 Å². The summed E-state index contributed by atoms with van der Waals surface area (Å²) in [6.07, 6.45) is 0. The molecule has 8 heteroatoms. The predicted molar refractivity (Wildman–Crippen MR) is 105 cm³/mol. The minimum absolute atomic E-state index is 0. The summed E-state index contributed by atoms with van der Waals surface area (Å²) in [6.45, 7) is 6.12. The zero-order chi connectivity index (χ0) is 18.7. The lowest BCUT2D eigenvalue weighted by Gasteiger charge is -2.39. The Morgan fingerprint density at radius 3 is 2.15 bits per heavy atom. The van der Waals surface area contributed by atoms with E-state index in [9.17, 15) is 9.59 Å². The first kappa shape index (κ1) is 21.3. The predicted octanol–water partition coefficient (Wildman–Crippen LogP) is 1.27. The van der Waals surface area contributed by atoms with Gasteiger partial charge in [0.25, 0.3) is 5.91 Å². The molecule has 1 unspecified atom stereocenters. The molecule has 0 bridgehead atoms. The largest absolute Gasteiger partial charge is 0.493 e. The number of methoxy groups -OCH3 is 2. The fraction of sp³-hybridized carbons (Fsp3) is 0.579. The monoisotopic (exact) mass is 397 g/mol. The molecule has 3 rings (SSSR count). The maximum absolute atomic E-state index is 12.8. The molecule has 0 aliphatic carbocycles. The van der Waals surface area contributed by atoms with E-state index in [-0.39, 0.29) is 30.1 Å². The SMILES string of the molecule is COc1ccc(C(=O)N2CCN(C(=O)C(C)C3CNC3)CC2)cc1OC.Cl. The van der Waals surface area contributed by atoms with Gasteiger partial charge in [-0.15, -0.1) is 12.4 Å².